The van der Waals surface area contributed by atoms with E-state index >= 15 is 0 Å². The van der Waals surface area contributed by atoms with Gasteiger partial charge in [-0.3, -0.25) is 0 Å². The van der Waals surface area contributed by atoms with Crippen LogP contribution in [-0.4, -0.2) is 22.9 Å². The number of aliphatic hydroxyl groups excluding tert-OH is 2. The summed E-state index contributed by atoms with van der Waals surface area (Å²) in [5, 5.41) is 27.1. The molecule has 2 N–H and O–H groups in total. The highest BCUT2D eigenvalue weighted by Gasteiger charge is 1.98. The maximum absolute atomic E-state index is 10.2. The van der Waals surface area contributed by atoms with Crippen LogP contribution in [0.3, 0.4) is 0 Å². The fourth-order valence-corrected chi connectivity index (χ4v) is 0.419. The molecule has 0 aliphatic rings. The summed E-state index contributed by atoms with van der Waals surface area (Å²) in [5.74, 6) is -0.206. The Bertz CT molecular complexity index is 90.3. The van der Waals surface area contributed by atoms with E-state index in [1.165, 1.54) is 0 Å². The predicted molar refractivity (Wildman–Crippen MR) is 31.5 cm³/mol. The molecule has 1 atom stereocenters. The van der Waals surface area contributed by atoms with Crippen LogP contribution >= 0.6 is 0 Å². The highest BCUT2D eigenvalue weighted by Crippen LogP contribution is 1.98. The Morgan fingerprint density at radius 1 is 1.67 bits per heavy atom. The fourth-order valence-electron chi connectivity index (χ4n) is 0.419. The average Bonchev–Trinajstić information content (AvgIpc) is 1.83. The zero-order chi connectivity index (χ0) is 7.28. The molecule has 0 heterocycles. The van der Waals surface area contributed by atoms with E-state index in [9.17, 15) is 5.11 Å². The molecule has 0 radical (unpaired) electrons. The summed E-state index contributed by atoms with van der Waals surface area (Å²) in [6.07, 6.45) is -0.226. The van der Waals surface area contributed by atoms with Crippen molar-refractivity contribution < 1.29 is 15.3 Å². The maximum Gasteiger partial charge on any atom is 0.0773 e. The molecule has 0 saturated heterocycles. The molecule has 0 rings (SSSR count). The lowest BCUT2D eigenvalue weighted by atomic mass is 10.2. The van der Waals surface area contributed by atoms with Gasteiger partial charge in [0.1, 0.15) is 0 Å². The van der Waals surface area contributed by atoms with Crippen molar-refractivity contribution in [2.75, 3.05) is 6.61 Å². The van der Waals surface area contributed by atoms with Gasteiger partial charge in [0.15, 0.2) is 0 Å². The number of hydrogen-bond acceptors (Lipinski definition) is 3. The summed E-state index contributed by atoms with van der Waals surface area (Å²) in [7, 11) is 0. The van der Waals surface area contributed by atoms with Crippen molar-refractivity contribution in [3.8, 4) is 0 Å². The topological polar surface area (TPSA) is 63.5 Å². The molecular formula is C6H11O3-. The van der Waals surface area contributed by atoms with Crippen LogP contribution in [0.25, 0.3) is 0 Å². The molecule has 0 spiro atoms. The zero-order valence-corrected chi connectivity index (χ0v) is 5.21. The fraction of sp³-hybridized carbons (Fsp3) is 0.667. The minimum absolute atomic E-state index is 0.206. The minimum Gasteiger partial charge on any atom is -0.876 e. The molecule has 3 heteroatoms. The molecule has 0 aromatic rings. The molecule has 0 bridgehead atoms. The minimum atomic E-state index is -0.768. The number of allylic oxidation sites excluding steroid dienone is 1. The van der Waals surface area contributed by atoms with Crippen LogP contribution < -0.4 is 5.11 Å². The Hall–Kier alpha value is -0.540. The van der Waals surface area contributed by atoms with Gasteiger partial charge in [-0.05, 0) is 12.8 Å². The van der Waals surface area contributed by atoms with Gasteiger partial charge in [0.2, 0.25) is 0 Å². The second-order valence-electron chi connectivity index (χ2n) is 1.91. The van der Waals surface area contributed by atoms with Crippen LogP contribution in [0.2, 0.25) is 0 Å². The molecule has 0 unspecified atom stereocenters. The molecule has 0 fully saturated rings. The molecule has 0 aliphatic carbocycles. The number of hydrogen-bond donors (Lipinski definition) is 2. The third-order valence-corrected chi connectivity index (χ3v) is 0.967. The van der Waals surface area contributed by atoms with E-state index in [0.29, 0.717) is 6.42 Å². The first-order valence-corrected chi connectivity index (χ1v) is 2.80. The van der Waals surface area contributed by atoms with Crippen molar-refractivity contribution in [3.05, 3.63) is 12.3 Å². The summed E-state index contributed by atoms with van der Waals surface area (Å²) in [6, 6.07) is 0. The molecule has 0 aromatic carbocycles. The summed E-state index contributed by atoms with van der Waals surface area (Å²) < 4.78 is 0. The van der Waals surface area contributed by atoms with E-state index < -0.39 is 6.10 Å². The second-order valence-corrected chi connectivity index (χ2v) is 1.91. The van der Waals surface area contributed by atoms with Crippen LogP contribution in [0, 0.1) is 0 Å². The first-order chi connectivity index (χ1) is 4.16. The Kier molecular flexibility index (Phi) is 4.09. The summed E-state index contributed by atoms with van der Waals surface area (Å²) in [5.41, 5.74) is 0. The van der Waals surface area contributed by atoms with Crippen LogP contribution in [0.15, 0.2) is 12.3 Å². The molecular weight excluding hydrogens is 120 g/mol. The monoisotopic (exact) mass is 131 g/mol. The number of rotatable bonds is 4. The largest absolute Gasteiger partial charge is 0.876 e. The van der Waals surface area contributed by atoms with Gasteiger partial charge >= 0.3 is 0 Å². The predicted octanol–water partition coefficient (Wildman–Crippen LogP) is -1.01. The van der Waals surface area contributed by atoms with Crippen molar-refractivity contribution in [1.82, 2.24) is 0 Å². The van der Waals surface area contributed by atoms with Crippen molar-refractivity contribution in [2.24, 2.45) is 0 Å². The molecule has 0 aliphatic heterocycles. The smallest absolute Gasteiger partial charge is 0.0773 e. The molecule has 0 aromatic heterocycles. The summed E-state index contributed by atoms with van der Waals surface area (Å²) in [6.45, 7) is 2.83. The number of aliphatic hydroxyl groups is 2. The quantitative estimate of drug-likeness (QED) is 0.481. The maximum atomic E-state index is 10.2. The lowest BCUT2D eigenvalue weighted by Gasteiger charge is -2.10. The average molecular weight is 131 g/mol. The van der Waals surface area contributed by atoms with E-state index in [4.69, 9.17) is 10.2 Å². The molecule has 0 saturated carbocycles. The van der Waals surface area contributed by atoms with Gasteiger partial charge in [-0.2, -0.15) is 0 Å². The Morgan fingerprint density at radius 3 is 2.56 bits per heavy atom. The van der Waals surface area contributed by atoms with Crippen LogP contribution in [-0.2, 0) is 0 Å². The first kappa shape index (κ1) is 8.46. The van der Waals surface area contributed by atoms with E-state index in [-0.39, 0.29) is 18.8 Å². The highest BCUT2D eigenvalue weighted by atomic mass is 16.3. The van der Waals surface area contributed by atoms with Crippen molar-refractivity contribution in [3.63, 3.8) is 0 Å². The van der Waals surface area contributed by atoms with Crippen LogP contribution in [0.5, 0.6) is 0 Å². The van der Waals surface area contributed by atoms with Gasteiger partial charge in [-0.15, -0.1) is 12.3 Å². The van der Waals surface area contributed by atoms with Crippen molar-refractivity contribution in [1.29, 1.82) is 0 Å². The molecule has 9 heavy (non-hydrogen) atoms. The first-order valence-electron chi connectivity index (χ1n) is 2.80. The molecule has 3 nitrogen and oxygen atoms in total. The van der Waals surface area contributed by atoms with Gasteiger partial charge in [-0.25, -0.2) is 0 Å². The standard InChI is InChI=1S/C6H12O3/c1-5(8)2-3-6(9)4-7/h6-9H,1-4H2/p-1/t6-/m0/s1. The second kappa shape index (κ2) is 4.35. The van der Waals surface area contributed by atoms with Gasteiger partial charge in [0.05, 0.1) is 12.7 Å². The normalized spacial score (nSPS) is 13.1. The van der Waals surface area contributed by atoms with Gasteiger partial charge in [0.25, 0.3) is 0 Å². The lowest BCUT2D eigenvalue weighted by molar-refractivity contribution is -0.306. The summed E-state index contributed by atoms with van der Waals surface area (Å²) >= 11 is 0. The molecule has 54 valence electrons. The third kappa shape index (κ3) is 5.33. The van der Waals surface area contributed by atoms with Crippen molar-refractivity contribution in [2.45, 2.75) is 18.9 Å². The molecule has 0 amide bonds. The Balaban J connectivity index is 3.16. The van der Waals surface area contributed by atoms with E-state index in [0.717, 1.165) is 0 Å². The third-order valence-electron chi connectivity index (χ3n) is 0.967. The summed E-state index contributed by atoms with van der Waals surface area (Å²) in [4.78, 5) is 0. The van der Waals surface area contributed by atoms with Gasteiger partial charge < -0.3 is 15.3 Å². The highest BCUT2D eigenvalue weighted by molar-refractivity contribution is 4.77. The van der Waals surface area contributed by atoms with E-state index in [1.54, 1.807) is 0 Å². The Morgan fingerprint density at radius 2 is 2.22 bits per heavy atom. The van der Waals surface area contributed by atoms with E-state index in [2.05, 4.69) is 6.58 Å². The lowest BCUT2D eigenvalue weighted by Crippen LogP contribution is -2.13. The van der Waals surface area contributed by atoms with E-state index in [1.807, 2.05) is 0 Å². The van der Waals surface area contributed by atoms with Crippen LogP contribution in [0.1, 0.15) is 12.8 Å². The van der Waals surface area contributed by atoms with Gasteiger partial charge in [-0.1, -0.05) is 0 Å². The van der Waals surface area contributed by atoms with Crippen molar-refractivity contribution >= 4 is 0 Å². The van der Waals surface area contributed by atoms with Gasteiger partial charge in [0, 0.05) is 0 Å². The zero-order valence-electron chi connectivity index (χ0n) is 5.21. The Labute approximate surface area is 54.3 Å². The SMILES string of the molecule is C=C([O-])CC[C@H](O)CO. The van der Waals surface area contributed by atoms with Crippen LogP contribution in [0.4, 0.5) is 0 Å².